The average Bonchev–Trinajstić information content (AvgIpc) is 3.00. The Morgan fingerprint density at radius 3 is 2.29 bits per heavy atom. The minimum atomic E-state index is -0.829. The Labute approximate surface area is 243 Å². The van der Waals surface area contributed by atoms with E-state index in [-0.39, 0.29) is 40.9 Å². The van der Waals surface area contributed by atoms with Crippen molar-refractivity contribution in [3.63, 3.8) is 0 Å². The lowest BCUT2D eigenvalue weighted by Gasteiger charge is -2.30. The van der Waals surface area contributed by atoms with Crippen LogP contribution in [0.15, 0.2) is 113 Å². The van der Waals surface area contributed by atoms with Crippen LogP contribution < -0.4 is 15.0 Å². The standard InChI is InChI=1S/C32H29N3O5S/c1-4-17-40-32(38)29-21(2)34-31(25(19-33)30(29)22-15-16-26(36)27(18-22)39-3)41-20-28(37)35(23-11-7-5-8-12-23)24-13-9-6-10-14-24/h4-16,18,30,34,36H,1,17,20H2,2-3H3. The van der Waals surface area contributed by atoms with Crippen molar-refractivity contribution in [2.45, 2.75) is 12.8 Å². The van der Waals surface area contributed by atoms with Crippen molar-refractivity contribution < 1.29 is 24.2 Å². The van der Waals surface area contributed by atoms with E-state index in [1.807, 2.05) is 60.7 Å². The molecule has 41 heavy (non-hydrogen) atoms. The van der Waals surface area contributed by atoms with Crippen molar-refractivity contribution in [3.05, 3.63) is 119 Å². The Balaban J connectivity index is 1.72. The van der Waals surface area contributed by atoms with Crippen molar-refractivity contribution in [1.82, 2.24) is 5.32 Å². The molecule has 1 aliphatic rings. The number of benzene rings is 3. The van der Waals surface area contributed by atoms with Gasteiger partial charge in [-0.25, -0.2) is 4.79 Å². The Kier molecular flexibility index (Phi) is 9.51. The largest absolute Gasteiger partial charge is 0.504 e. The quantitative estimate of drug-likeness (QED) is 0.229. The molecule has 1 aliphatic heterocycles. The summed E-state index contributed by atoms with van der Waals surface area (Å²) < 4.78 is 10.6. The van der Waals surface area contributed by atoms with Crippen LogP contribution in [0.3, 0.4) is 0 Å². The number of allylic oxidation sites excluding steroid dienone is 2. The van der Waals surface area contributed by atoms with Gasteiger partial charge in [-0.15, -0.1) is 0 Å². The van der Waals surface area contributed by atoms with Crippen LogP contribution in [0.5, 0.6) is 11.5 Å². The molecule has 1 unspecified atom stereocenters. The van der Waals surface area contributed by atoms with Gasteiger partial charge in [0.05, 0.1) is 41.0 Å². The van der Waals surface area contributed by atoms with Gasteiger partial charge in [0, 0.05) is 17.1 Å². The number of carbonyl (C=O) groups excluding carboxylic acids is 2. The summed E-state index contributed by atoms with van der Waals surface area (Å²) >= 11 is 1.17. The number of nitriles is 1. The van der Waals surface area contributed by atoms with Crippen molar-refractivity contribution in [1.29, 1.82) is 5.26 Å². The number of dihydropyridines is 1. The Hall–Kier alpha value is -4.94. The number of nitrogens with zero attached hydrogens (tertiary/aromatic N) is 2. The molecule has 0 aromatic heterocycles. The molecule has 1 amide bonds. The molecule has 1 heterocycles. The molecule has 0 radical (unpaired) electrons. The molecule has 4 rings (SSSR count). The Morgan fingerprint density at radius 2 is 1.73 bits per heavy atom. The molecule has 8 nitrogen and oxygen atoms in total. The molecule has 0 saturated carbocycles. The highest BCUT2D eigenvalue weighted by Gasteiger charge is 2.36. The molecule has 0 saturated heterocycles. The average molecular weight is 568 g/mol. The second-order valence-electron chi connectivity index (χ2n) is 8.96. The zero-order valence-electron chi connectivity index (χ0n) is 22.7. The molecule has 3 aromatic carbocycles. The number of rotatable bonds is 10. The number of methoxy groups -OCH3 is 1. The van der Waals surface area contributed by atoms with Gasteiger partial charge in [-0.1, -0.05) is 66.9 Å². The van der Waals surface area contributed by atoms with Gasteiger partial charge in [0.15, 0.2) is 11.5 Å². The fourth-order valence-electron chi connectivity index (χ4n) is 4.51. The number of anilines is 2. The summed E-state index contributed by atoms with van der Waals surface area (Å²) in [6, 6.07) is 25.5. The first kappa shape index (κ1) is 29.1. The predicted molar refractivity (Wildman–Crippen MR) is 160 cm³/mol. The number of nitrogens with one attached hydrogen (secondary N) is 1. The van der Waals surface area contributed by atoms with Crippen LogP contribution in [-0.4, -0.2) is 36.5 Å². The fraction of sp³-hybridized carbons (Fsp3) is 0.156. The first-order chi connectivity index (χ1) is 19.9. The number of esters is 1. The predicted octanol–water partition coefficient (Wildman–Crippen LogP) is 5.92. The molecule has 0 fully saturated rings. The third-order valence-electron chi connectivity index (χ3n) is 6.35. The summed E-state index contributed by atoms with van der Waals surface area (Å²) in [5.74, 6) is -1.51. The van der Waals surface area contributed by atoms with Crippen LogP contribution in [0, 0.1) is 11.3 Å². The van der Waals surface area contributed by atoms with E-state index in [9.17, 15) is 20.0 Å². The number of phenolic OH excluding ortho intramolecular Hbond substituents is 1. The van der Waals surface area contributed by atoms with Crippen LogP contribution in [0.25, 0.3) is 0 Å². The molecule has 0 bridgehead atoms. The van der Waals surface area contributed by atoms with Crippen molar-refractivity contribution >= 4 is 35.0 Å². The van der Waals surface area contributed by atoms with Gasteiger partial charge in [0.1, 0.15) is 6.61 Å². The van der Waals surface area contributed by atoms with Crippen LogP contribution in [0.2, 0.25) is 0 Å². The van der Waals surface area contributed by atoms with Gasteiger partial charge in [-0.05, 0) is 48.9 Å². The molecule has 9 heteroatoms. The molecule has 3 aromatic rings. The molecule has 0 aliphatic carbocycles. The second-order valence-corrected chi connectivity index (χ2v) is 9.94. The van der Waals surface area contributed by atoms with Crippen molar-refractivity contribution in [3.8, 4) is 17.6 Å². The lowest BCUT2D eigenvalue weighted by molar-refractivity contribution is -0.138. The highest BCUT2D eigenvalue weighted by molar-refractivity contribution is 8.03. The number of carbonyl (C=O) groups is 2. The number of para-hydroxylation sites is 2. The molecular weight excluding hydrogens is 538 g/mol. The molecule has 2 N–H and O–H groups in total. The Bertz CT molecular complexity index is 1510. The highest BCUT2D eigenvalue weighted by atomic mass is 32.2. The third kappa shape index (κ3) is 6.45. The maximum absolute atomic E-state index is 13.7. The third-order valence-corrected chi connectivity index (χ3v) is 7.36. The van der Waals surface area contributed by atoms with Crippen molar-refractivity contribution in [2.75, 3.05) is 24.4 Å². The van der Waals surface area contributed by atoms with Gasteiger partial charge >= 0.3 is 5.97 Å². The number of thioether (sulfide) groups is 1. The number of hydrogen-bond acceptors (Lipinski definition) is 8. The van der Waals surface area contributed by atoms with Gasteiger partial charge in [-0.2, -0.15) is 5.26 Å². The number of hydrogen-bond donors (Lipinski definition) is 2. The zero-order valence-corrected chi connectivity index (χ0v) is 23.5. The number of amides is 1. The minimum absolute atomic E-state index is 0.00223. The molecule has 208 valence electrons. The maximum atomic E-state index is 13.7. The Morgan fingerprint density at radius 1 is 1.10 bits per heavy atom. The van der Waals surface area contributed by atoms with E-state index in [4.69, 9.17) is 9.47 Å². The smallest absolute Gasteiger partial charge is 0.337 e. The molecule has 1 atom stereocenters. The van der Waals surface area contributed by atoms with E-state index in [1.54, 1.807) is 24.0 Å². The summed E-state index contributed by atoms with van der Waals surface area (Å²) in [5, 5.41) is 24.1. The number of phenols is 1. The van der Waals surface area contributed by atoms with Gasteiger partial charge in [0.25, 0.3) is 0 Å². The van der Waals surface area contributed by atoms with Crippen LogP contribution in [-0.2, 0) is 14.3 Å². The topological polar surface area (TPSA) is 112 Å². The summed E-state index contributed by atoms with van der Waals surface area (Å²) in [5.41, 5.74) is 2.93. The zero-order chi connectivity index (χ0) is 29.4. The van der Waals surface area contributed by atoms with E-state index in [2.05, 4.69) is 18.0 Å². The summed E-state index contributed by atoms with van der Waals surface area (Å²) in [4.78, 5) is 28.5. The molecular formula is C32H29N3O5S. The van der Waals surface area contributed by atoms with E-state index in [0.29, 0.717) is 27.7 Å². The first-order valence-corrected chi connectivity index (χ1v) is 13.7. The first-order valence-electron chi connectivity index (χ1n) is 12.7. The lowest BCUT2D eigenvalue weighted by Crippen LogP contribution is -2.31. The second kappa shape index (κ2) is 13.4. The van der Waals surface area contributed by atoms with E-state index in [1.165, 1.54) is 31.0 Å². The summed E-state index contributed by atoms with van der Waals surface area (Å²) in [6.07, 6.45) is 1.46. The van der Waals surface area contributed by atoms with Gasteiger partial charge in [0.2, 0.25) is 5.91 Å². The van der Waals surface area contributed by atoms with Crippen molar-refractivity contribution in [2.24, 2.45) is 0 Å². The monoisotopic (exact) mass is 567 g/mol. The SMILES string of the molecule is C=CCOC(=O)C1=C(C)NC(SCC(=O)N(c2ccccc2)c2ccccc2)=C(C#N)C1c1ccc(O)c(OC)c1. The lowest BCUT2D eigenvalue weighted by atomic mass is 9.82. The summed E-state index contributed by atoms with van der Waals surface area (Å²) in [6.45, 7) is 5.31. The fourth-order valence-corrected chi connectivity index (χ4v) is 5.45. The van der Waals surface area contributed by atoms with Gasteiger partial charge in [-0.3, -0.25) is 9.69 Å². The van der Waals surface area contributed by atoms with E-state index < -0.39 is 11.9 Å². The number of aromatic hydroxyl groups is 1. The van der Waals surface area contributed by atoms with Gasteiger partial charge < -0.3 is 19.9 Å². The van der Waals surface area contributed by atoms with Crippen LogP contribution in [0.4, 0.5) is 11.4 Å². The van der Waals surface area contributed by atoms with Crippen LogP contribution >= 0.6 is 11.8 Å². The maximum Gasteiger partial charge on any atom is 0.337 e. The van der Waals surface area contributed by atoms with Crippen LogP contribution in [0.1, 0.15) is 18.4 Å². The number of ether oxygens (including phenoxy) is 2. The highest BCUT2D eigenvalue weighted by Crippen LogP contribution is 2.43. The minimum Gasteiger partial charge on any atom is -0.504 e. The normalized spacial score (nSPS) is 14.5. The van der Waals surface area contributed by atoms with E-state index >= 15 is 0 Å². The molecule has 0 spiro atoms. The van der Waals surface area contributed by atoms with E-state index in [0.717, 1.165) is 0 Å². The summed E-state index contributed by atoms with van der Waals surface area (Å²) in [7, 11) is 1.42.